The molecule has 1 fully saturated rings. The molecule has 3 aromatic rings. The molecule has 2 N–H and O–H groups in total. The van der Waals surface area contributed by atoms with Crippen LogP contribution >= 0.6 is 0 Å². The summed E-state index contributed by atoms with van der Waals surface area (Å²) in [4.78, 5) is 41.4. The molecule has 182 valence electrons. The van der Waals surface area contributed by atoms with Gasteiger partial charge in [0.15, 0.2) is 11.5 Å². The number of amides is 2. The highest BCUT2D eigenvalue weighted by Gasteiger charge is 2.22. The Morgan fingerprint density at radius 3 is 2.69 bits per heavy atom. The van der Waals surface area contributed by atoms with Gasteiger partial charge in [0.05, 0.1) is 12.6 Å². The first-order chi connectivity index (χ1) is 17.0. The maximum absolute atomic E-state index is 14.3. The molecular formula is C25H26FN5O4. The molecule has 9 nitrogen and oxygen atoms in total. The summed E-state index contributed by atoms with van der Waals surface area (Å²) in [7, 11) is 0. The van der Waals surface area contributed by atoms with Gasteiger partial charge in [-0.05, 0) is 36.5 Å². The molecule has 5 rings (SSSR count). The molecule has 0 saturated heterocycles. The smallest absolute Gasteiger partial charge is 0.315 e. The summed E-state index contributed by atoms with van der Waals surface area (Å²) in [6, 6.07) is 6.55. The Morgan fingerprint density at radius 1 is 1.09 bits per heavy atom. The number of aromatic nitrogens is 3. The van der Waals surface area contributed by atoms with Crippen molar-refractivity contribution in [3.05, 3.63) is 58.8 Å². The molecule has 10 heteroatoms. The van der Waals surface area contributed by atoms with E-state index in [-0.39, 0.29) is 36.0 Å². The Balaban J connectivity index is 1.31. The van der Waals surface area contributed by atoms with Crippen LogP contribution in [0, 0.1) is 11.7 Å². The van der Waals surface area contributed by atoms with Crippen LogP contribution < -0.4 is 15.4 Å². The molecule has 2 amide bonds. The number of benzene rings is 1. The fraction of sp³-hybridized carbons (Fsp3) is 0.400. The van der Waals surface area contributed by atoms with Crippen molar-refractivity contribution in [2.75, 3.05) is 6.54 Å². The Morgan fingerprint density at radius 2 is 1.89 bits per heavy atom. The normalized spacial score (nSPS) is 16.0. The van der Waals surface area contributed by atoms with Crippen LogP contribution in [-0.2, 0) is 17.8 Å². The highest BCUT2D eigenvalue weighted by atomic mass is 19.1. The highest BCUT2D eigenvalue weighted by molar-refractivity contribution is 5.98. The number of carbonyl (C=O) groups excluding carboxylic acids is 3. The lowest BCUT2D eigenvalue weighted by atomic mass is 10.0. The second kappa shape index (κ2) is 9.81. The standard InChI is InChI=1S/C25H26FN5O4/c26-18-14-29-31-20(25(34)28-12-15-5-3-1-2-4-6-15)11-19(30-23(18)31)24(33)27-13-16-7-8-21-17(9-16)10-22(32)35-21/h7-9,11,14-15H,1-6,10,12-13H2,(H,27,33)(H,28,34). The van der Waals surface area contributed by atoms with E-state index in [2.05, 4.69) is 20.7 Å². The van der Waals surface area contributed by atoms with Crippen molar-refractivity contribution in [3.63, 3.8) is 0 Å². The van der Waals surface area contributed by atoms with Gasteiger partial charge in [-0.1, -0.05) is 31.7 Å². The monoisotopic (exact) mass is 479 g/mol. The molecule has 0 atom stereocenters. The number of rotatable bonds is 6. The summed E-state index contributed by atoms with van der Waals surface area (Å²) in [5, 5.41) is 9.60. The zero-order chi connectivity index (χ0) is 24.4. The maximum Gasteiger partial charge on any atom is 0.315 e. The Hall–Kier alpha value is -3.82. The second-order valence-electron chi connectivity index (χ2n) is 9.10. The van der Waals surface area contributed by atoms with Crippen LogP contribution in [0.4, 0.5) is 4.39 Å². The average molecular weight is 480 g/mol. The summed E-state index contributed by atoms with van der Waals surface area (Å²) < 4.78 is 20.5. The largest absolute Gasteiger partial charge is 0.426 e. The minimum Gasteiger partial charge on any atom is -0.426 e. The summed E-state index contributed by atoms with van der Waals surface area (Å²) in [5.74, 6) is -1.09. The van der Waals surface area contributed by atoms with E-state index in [1.807, 2.05) is 0 Å². The molecule has 2 aliphatic rings. The summed E-state index contributed by atoms with van der Waals surface area (Å²) in [5.41, 5.74) is 1.30. The van der Waals surface area contributed by atoms with Gasteiger partial charge in [0.2, 0.25) is 0 Å². The van der Waals surface area contributed by atoms with Crippen molar-refractivity contribution < 1.29 is 23.5 Å². The van der Waals surface area contributed by atoms with Crippen molar-refractivity contribution in [2.24, 2.45) is 5.92 Å². The molecule has 1 aromatic carbocycles. The van der Waals surface area contributed by atoms with E-state index in [0.29, 0.717) is 18.2 Å². The van der Waals surface area contributed by atoms with Gasteiger partial charge in [-0.15, -0.1) is 0 Å². The van der Waals surface area contributed by atoms with Crippen molar-refractivity contribution >= 4 is 23.4 Å². The minimum atomic E-state index is -0.722. The topological polar surface area (TPSA) is 115 Å². The number of nitrogens with zero attached hydrogens (tertiary/aromatic N) is 3. The number of halogens is 1. The van der Waals surface area contributed by atoms with Gasteiger partial charge in [0.1, 0.15) is 17.1 Å². The molecule has 0 bridgehead atoms. The molecule has 0 spiro atoms. The summed E-state index contributed by atoms with van der Waals surface area (Å²) >= 11 is 0. The quantitative estimate of drug-likeness (QED) is 0.319. The molecule has 1 aliphatic carbocycles. The van der Waals surface area contributed by atoms with Crippen LogP contribution in [-0.4, -0.2) is 38.9 Å². The van der Waals surface area contributed by atoms with E-state index in [1.54, 1.807) is 18.2 Å². The lowest BCUT2D eigenvalue weighted by molar-refractivity contribution is -0.131. The van der Waals surface area contributed by atoms with E-state index in [9.17, 15) is 18.8 Å². The van der Waals surface area contributed by atoms with E-state index < -0.39 is 17.6 Å². The van der Waals surface area contributed by atoms with E-state index >= 15 is 0 Å². The zero-order valence-corrected chi connectivity index (χ0v) is 19.2. The molecule has 3 heterocycles. The number of fused-ring (bicyclic) bond motifs is 2. The van der Waals surface area contributed by atoms with Crippen molar-refractivity contribution in [1.82, 2.24) is 25.2 Å². The van der Waals surface area contributed by atoms with Gasteiger partial charge >= 0.3 is 5.97 Å². The SMILES string of the molecule is O=C1Cc2cc(CNC(=O)c3cc(C(=O)NCC4CCCCCC4)n4ncc(F)c4n3)ccc2O1. The van der Waals surface area contributed by atoms with Crippen LogP contribution in [0.2, 0.25) is 0 Å². The average Bonchev–Trinajstić information content (AvgIpc) is 3.30. The number of esters is 1. The van der Waals surface area contributed by atoms with Gasteiger partial charge in [0.25, 0.3) is 11.8 Å². The third-order valence-corrected chi connectivity index (χ3v) is 6.56. The molecule has 2 aromatic heterocycles. The first-order valence-electron chi connectivity index (χ1n) is 11.9. The molecule has 35 heavy (non-hydrogen) atoms. The molecule has 0 radical (unpaired) electrons. The first kappa shape index (κ1) is 22.9. The van der Waals surface area contributed by atoms with Crippen LogP contribution in [0.1, 0.15) is 70.6 Å². The summed E-state index contributed by atoms with van der Waals surface area (Å²) in [6.45, 7) is 0.691. The van der Waals surface area contributed by atoms with E-state index in [1.165, 1.54) is 18.9 Å². The molecular weight excluding hydrogens is 453 g/mol. The van der Waals surface area contributed by atoms with Crippen molar-refractivity contribution in [3.8, 4) is 5.75 Å². The Kier molecular flexibility index (Phi) is 6.43. The van der Waals surface area contributed by atoms with Crippen molar-refractivity contribution in [1.29, 1.82) is 0 Å². The highest BCUT2D eigenvalue weighted by Crippen LogP contribution is 2.26. The van der Waals surface area contributed by atoms with E-state index in [4.69, 9.17) is 4.74 Å². The Bertz CT molecular complexity index is 1300. The third kappa shape index (κ3) is 5.01. The number of ether oxygens (including phenoxy) is 1. The van der Waals surface area contributed by atoms with Crippen LogP contribution in [0.25, 0.3) is 5.65 Å². The van der Waals surface area contributed by atoms with Crippen LogP contribution in [0.15, 0.2) is 30.5 Å². The zero-order valence-electron chi connectivity index (χ0n) is 19.2. The summed E-state index contributed by atoms with van der Waals surface area (Å²) in [6.07, 6.45) is 8.05. The number of nitrogens with one attached hydrogen (secondary N) is 2. The molecule has 1 saturated carbocycles. The molecule has 0 unspecified atom stereocenters. The number of hydrogen-bond acceptors (Lipinski definition) is 6. The third-order valence-electron chi connectivity index (χ3n) is 6.56. The van der Waals surface area contributed by atoms with Gasteiger partial charge in [-0.3, -0.25) is 14.4 Å². The van der Waals surface area contributed by atoms with Gasteiger partial charge in [0, 0.05) is 24.7 Å². The predicted octanol–water partition coefficient (Wildman–Crippen LogP) is 2.96. The fourth-order valence-corrected chi connectivity index (χ4v) is 4.68. The first-order valence-corrected chi connectivity index (χ1v) is 11.9. The van der Waals surface area contributed by atoms with Gasteiger partial charge in [-0.2, -0.15) is 5.10 Å². The Labute approximate surface area is 201 Å². The lowest BCUT2D eigenvalue weighted by Crippen LogP contribution is -2.32. The van der Waals surface area contributed by atoms with Crippen LogP contribution in [0.5, 0.6) is 5.75 Å². The van der Waals surface area contributed by atoms with Crippen LogP contribution in [0.3, 0.4) is 0 Å². The predicted molar refractivity (Wildman–Crippen MR) is 123 cm³/mol. The number of carbonyl (C=O) groups is 3. The van der Waals surface area contributed by atoms with Gasteiger partial charge in [-0.25, -0.2) is 13.9 Å². The van der Waals surface area contributed by atoms with Crippen molar-refractivity contribution in [2.45, 2.75) is 51.5 Å². The number of hydrogen-bond donors (Lipinski definition) is 2. The minimum absolute atomic E-state index is 0.0471. The second-order valence-corrected chi connectivity index (χ2v) is 9.10. The fourth-order valence-electron chi connectivity index (χ4n) is 4.68. The maximum atomic E-state index is 14.3. The molecule has 1 aliphatic heterocycles. The van der Waals surface area contributed by atoms with Gasteiger partial charge < -0.3 is 15.4 Å². The van der Waals surface area contributed by atoms with E-state index in [0.717, 1.165) is 47.5 Å². The lowest BCUT2D eigenvalue weighted by Gasteiger charge is -2.15.